The molecule has 0 fully saturated rings. The van der Waals surface area contributed by atoms with Crippen LogP contribution in [0.2, 0.25) is 0 Å². The number of para-hydroxylation sites is 1. The number of hydrogen-bond acceptors (Lipinski definition) is 2. The van der Waals surface area contributed by atoms with Crippen molar-refractivity contribution in [2.45, 2.75) is 0 Å². The fourth-order valence-corrected chi connectivity index (χ4v) is 10.5. The van der Waals surface area contributed by atoms with E-state index in [0.29, 0.717) is 0 Å². The van der Waals surface area contributed by atoms with Crippen molar-refractivity contribution in [3.8, 4) is 11.1 Å². The van der Waals surface area contributed by atoms with Crippen LogP contribution in [0.1, 0.15) is 0 Å². The molecule has 0 N–H and O–H groups in total. The summed E-state index contributed by atoms with van der Waals surface area (Å²) < 4.78 is 9.17. The Kier molecular flexibility index (Phi) is 6.30. The molecule has 9 aromatic carbocycles. The molecule has 0 radical (unpaired) electrons. The predicted octanol–water partition coefficient (Wildman–Crippen LogP) is 13.5. The molecule has 0 spiro atoms. The normalized spacial score (nSPS) is 11.9. The second kappa shape index (κ2) is 11.2. The second-order valence-electron chi connectivity index (χ2n) is 13.3. The summed E-state index contributed by atoms with van der Waals surface area (Å²) in [5.74, 6) is 0. The van der Waals surface area contributed by atoms with Crippen molar-refractivity contribution in [3.63, 3.8) is 0 Å². The Bertz CT molecular complexity index is 3140. The van der Waals surface area contributed by atoms with E-state index in [-0.39, 0.29) is 14.5 Å². The van der Waals surface area contributed by atoms with Gasteiger partial charge in [0.15, 0.2) is 0 Å². The minimum absolute atomic E-state index is 0.266. The van der Waals surface area contributed by atoms with Crippen LogP contribution in [0.25, 0.3) is 84.7 Å². The Hall–Kier alpha value is -6.12. The molecule has 11 aromatic rings. The van der Waals surface area contributed by atoms with Gasteiger partial charge in [0.2, 0.25) is 0 Å². The molecule has 3 heteroatoms. The Balaban J connectivity index is 1.11. The van der Waals surface area contributed by atoms with E-state index < -0.39 is 0 Å². The Morgan fingerprint density at radius 1 is 0.353 bits per heavy atom. The number of benzene rings is 9. The summed E-state index contributed by atoms with van der Waals surface area (Å²) in [6.07, 6.45) is 0. The van der Waals surface area contributed by atoms with Gasteiger partial charge in [-0.25, -0.2) is 0 Å². The van der Waals surface area contributed by atoms with E-state index in [4.69, 9.17) is 4.42 Å². The standard InChI is InChI=1S/C48H29NOSe/c1-2-8-30(9-3-1)31-16-20-35(21-17-31)49(37-22-18-32-19-24-41-40-11-5-7-13-47(40)51-48(41)43(32)28-37)36-23-25-38-33(26-36)14-15-34-27-46-44(29-42(34)38)39-10-4-6-12-45(39)50-46/h1-29H. The third kappa shape index (κ3) is 4.56. The van der Waals surface area contributed by atoms with E-state index in [9.17, 15) is 0 Å². The van der Waals surface area contributed by atoms with Crippen molar-refractivity contribution in [1.29, 1.82) is 0 Å². The van der Waals surface area contributed by atoms with Crippen LogP contribution >= 0.6 is 0 Å². The molecular formula is C48H29NOSe. The molecule has 0 atom stereocenters. The topological polar surface area (TPSA) is 16.4 Å². The number of rotatable bonds is 4. The summed E-state index contributed by atoms with van der Waals surface area (Å²) in [7, 11) is 0. The zero-order valence-electron chi connectivity index (χ0n) is 27.5. The number of hydrogen-bond donors (Lipinski definition) is 0. The van der Waals surface area contributed by atoms with Gasteiger partial charge in [-0.2, -0.15) is 0 Å². The Morgan fingerprint density at radius 3 is 1.88 bits per heavy atom. The van der Waals surface area contributed by atoms with Crippen molar-refractivity contribution < 1.29 is 4.42 Å². The quantitative estimate of drug-likeness (QED) is 0.133. The summed E-state index contributed by atoms with van der Waals surface area (Å²) in [6, 6.07) is 64.3. The average molecular weight is 715 g/mol. The van der Waals surface area contributed by atoms with Gasteiger partial charge < -0.3 is 4.42 Å². The van der Waals surface area contributed by atoms with E-state index in [2.05, 4.69) is 169 Å². The molecule has 0 amide bonds. The van der Waals surface area contributed by atoms with E-state index in [1.165, 1.54) is 62.7 Å². The Labute approximate surface area is 300 Å². The molecule has 0 aliphatic carbocycles. The second-order valence-corrected chi connectivity index (χ2v) is 15.5. The molecule has 11 rings (SSSR count). The van der Waals surface area contributed by atoms with Gasteiger partial charge in [0.25, 0.3) is 0 Å². The van der Waals surface area contributed by atoms with Gasteiger partial charge in [0.1, 0.15) is 11.2 Å². The molecular weight excluding hydrogens is 685 g/mol. The first kappa shape index (κ1) is 28.7. The number of furan rings is 1. The number of fused-ring (bicyclic) bond motifs is 11. The van der Waals surface area contributed by atoms with Crippen LogP contribution in [0.4, 0.5) is 17.1 Å². The third-order valence-corrected chi connectivity index (χ3v) is 13.0. The fourth-order valence-electron chi connectivity index (χ4n) is 7.92. The van der Waals surface area contributed by atoms with Crippen LogP contribution in [-0.2, 0) is 0 Å². The fraction of sp³-hybridized carbons (Fsp3) is 0. The van der Waals surface area contributed by atoms with Crippen molar-refractivity contribution in [3.05, 3.63) is 176 Å². The van der Waals surface area contributed by atoms with Crippen molar-refractivity contribution in [2.24, 2.45) is 0 Å². The summed E-state index contributed by atoms with van der Waals surface area (Å²) >= 11 is 0.266. The van der Waals surface area contributed by atoms with Gasteiger partial charge in [0, 0.05) is 5.39 Å². The zero-order valence-corrected chi connectivity index (χ0v) is 29.2. The van der Waals surface area contributed by atoms with Crippen LogP contribution in [-0.4, -0.2) is 14.5 Å². The summed E-state index contributed by atoms with van der Waals surface area (Å²) in [4.78, 5) is 2.42. The van der Waals surface area contributed by atoms with Gasteiger partial charge in [-0.1, -0.05) is 24.3 Å². The summed E-state index contributed by atoms with van der Waals surface area (Å²) in [5.41, 5.74) is 7.69. The summed E-state index contributed by atoms with van der Waals surface area (Å²) in [5, 5.41) is 12.6. The molecule has 238 valence electrons. The molecule has 51 heavy (non-hydrogen) atoms. The van der Waals surface area contributed by atoms with Crippen molar-refractivity contribution in [1.82, 2.24) is 0 Å². The maximum absolute atomic E-state index is 6.23. The zero-order chi connectivity index (χ0) is 33.5. The van der Waals surface area contributed by atoms with Gasteiger partial charge >= 0.3 is 250 Å². The van der Waals surface area contributed by atoms with E-state index in [1.807, 2.05) is 12.1 Å². The molecule has 0 aliphatic heterocycles. The van der Waals surface area contributed by atoms with Crippen molar-refractivity contribution in [2.75, 3.05) is 4.90 Å². The molecule has 0 saturated carbocycles. The van der Waals surface area contributed by atoms with Crippen LogP contribution in [0.5, 0.6) is 0 Å². The minimum atomic E-state index is 0.266. The van der Waals surface area contributed by atoms with Gasteiger partial charge in [-0.05, 0) is 6.07 Å². The molecule has 0 aliphatic rings. The third-order valence-electron chi connectivity index (χ3n) is 10.4. The molecule has 2 aromatic heterocycles. The van der Waals surface area contributed by atoms with Gasteiger partial charge in [-0.3, -0.25) is 0 Å². The molecule has 2 nitrogen and oxygen atoms in total. The van der Waals surface area contributed by atoms with Crippen LogP contribution in [0.3, 0.4) is 0 Å². The van der Waals surface area contributed by atoms with Gasteiger partial charge in [-0.15, -0.1) is 0 Å². The van der Waals surface area contributed by atoms with Crippen molar-refractivity contribution >= 4 is 105 Å². The van der Waals surface area contributed by atoms with Crippen LogP contribution < -0.4 is 4.90 Å². The monoisotopic (exact) mass is 715 g/mol. The van der Waals surface area contributed by atoms with Crippen LogP contribution in [0.15, 0.2) is 180 Å². The first-order valence-corrected chi connectivity index (χ1v) is 19.0. The maximum atomic E-state index is 6.23. The van der Waals surface area contributed by atoms with E-state index in [0.717, 1.165) is 39.0 Å². The Morgan fingerprint density at radius 2 is 1.00 bits per heavy atom. The number of nitrogens with zero attached hydrogens (tertiary/aromatic N) is 1. The van der Waals surface area contributed by atoms with E-state index in [1.54, 1.807) is 0 Å². The molecule has 0 unspecified atom stereocenters. The predicted molar refractivity (Wildman–Crippen MR) is 218 cm³/mol. The SMILES string of the molecule is c1ccc(-c2ccc(N(c3ccc4c(ccc5cc6oc7ccccc7c6cc54)c3)c3ccc4ccc5c6ccccc6[se]c5c4c3)cc2)cc1. The van der Waals surface area contributed by atoms with E-state index >= 15 is 0 Å². The van der Waals surface area contributed by atoms with Gasteiger partial charge in [0.05, 0.1) is 0 Å². The summed E-state index contributed by atoms with van der Waals surface area (Å²) in [6.45, 7) is 0. The number of anilines is 3. The first-order valence-electron chi connectivity index (χ1n) is 17.3. The molecule has 0 bridgehead atoms. The average Bonchev–Trinajstić information content (AvgIpc) is 3.76. The molecule has 0 saturated heterocycles. The molecule has 2 heterocycles. The first-order chi connectivity index (χ1) is 25.2. The van der Waals surface area contributed by atoms with Crippen LogP contribution in [0, 0.1) is 0 Å².